The number of hydrogen-bond donors (Lipinski definition) is 2. The van der Waals surface area contributed by atoms with Crippen molar-refractivity contribution >= 4 is 46.8 Å². The van der Waals surface area contributed by atoms with Crippen LogP contribution in [0.5, 0.6) is 0 Å². The molecule has 1 aliphatic carbocycles. The van der Waals surface area contributed by atoms with E-state index in [0.717, 1.165) is 11.3 Å². The van der Waals surface area contributed by atoms with Crippen molar-refractivity contribution in [2.24, 2.45) is 5.41 Å². The first kappa shape index (κ1) is 17.7. The van der Waals surface area contributed by atoms with Gasteiger partial charge in [-0.1, -0.05) is 17.7 Å². The molecule has 0 radical (unpaired) electrons. The molecule has 1 aliphatic rings. The second-order valence-corrected chi connectivity index (χ2v) is 7.70. The lowest BCUT2D eigenvalue weighted by Gasteiger charge is -2.12. The van der Waals surface area contributed by atoms with Gasteiger partial charge in [-0.2, -0.15) is 15.0 Å². The van der Waals surface area contributed by atoms with Gasteiger partial charge in [0.1, 0.15) is 9.75 Å². The monoisotopic (exact) mass is 381 g/mol. The number of nitrogens with one attached hydrogen (secondary N) is 1. The maximum absolute atomic E-state index is 12.1. The molecule has 0 bridgehead atoms. The number of carbonyl (C=O) groups is 1. The third-order valence-corrected chi connectivity index (χ3v) is 5.15. The Kier molecular flexibility index (Phi) is 4.47. The number of nitrogen functional groups attached to an aromatic ring is 1. The van der Waals surface area contributed by atoms with Gasteiger partial charge in [0.25, 0.3) is 0 Å². The van der Waals surface area contributed by atoms with Crippen LogP contribution >= 0.6 is 23.2 Å². The van der Waals surface area contributed by atoms with Gasteiger partial charge in [-0.15, -0.1) is 23.2 Å². The zero-order valence-corrected chi connectivity index (χ0v) is 15.2. The maximum atomic E-state index is 12.1. The first-order valence-electron chi connectivity index (χ1n) is 7.59. The molecule has 0 saturated heterocycles. The van der Waals surface area contributed by atoms with Crippen molar-refractivity contribution in [1.29, 1.82) is 0 Å². The predicted molar refractivity (Wildman–Crippen MR) is 95.7 cm³/mol. The molecular weight excluding hydrogens is 365 g/mol. The summed E-state index contributed by atoms with van der Waals surface area (Å²) in [5, 5.41) is 3.03. The average Bonchev–Trinajstić information content (AvgIpc) is 3.06. The zero-order valence-electron chi connectivity index (χ0n) is 13.7. The Bertz CT molecular complexity index is 813. The predicted octanol–water partition coefficient (Wildman–Crippen LogP) is 3.13. The molecule has 3 N–H and O–H groups in total. The molecule has 1 heterocycles. The summed E-state index contributed by atoms with van der Waals surface area (Å²) < 4.78 is 4.14. The van der Waals surface area contributed by atoms with E-state index in [1.807, 2.05) is 31.2 Å². The van der Waals surface area contributed by atoms with Crippen molar-refractivity contribution in [3.63, 3.8) is 0 Å². The molecule has 2 aromatic rings. The fourth-order valence-electron chi connectivity index (χ4n) is 2.24. The normalized spacial score (nSPS) is 20.8. The van der Waals surface area contributed by atoms with Gasteiger partial charge in [0, 0.05) is 12.1 Å². The van der Waals surface area contributed by atoms with Crippen LogP contribution in [-0.2, 0) is 16.1 Å². The number of aromatic nitrogens is 3. The molecule has 132 valence electrons. The standard InChI is InChI=1S/C16H17Cl2N5O2/c1-9-3-5-10(6-4-9)20-14-22-11(21-13(19)23-14)7-25-12(24)15(2)8-16(15,17)18/h3-6H,7-8H2,1-2H3,(H3,19,20,21,22,23)/t15-/m0/s1. The van der Waals surface area contributed by atoms with E-state index in [2.05, 4.69) is 20.3 Å². The highest BCUT2D eigenvalue weighted by molar-refractivity contribution is 6.53. The topological polar surface area (TPSA) is 103 Å². The van der Waals surface area contributed by atoms with Crippen LogP contribution in [0.4, 0.5) is 17.6 Å². The highest BCUT2D eigenvalue weighted by atomic mass is 35.5. The van der Waals surface area contributed by atoms with Crippen LogP contribution in [0.25, 0.3) is 0 Å². The SMILES string of the molecule is Cc1ccc(Nc2nc(N)nc(COC(=O)[C@]3(C)CC3(Cl)Cl)n2)cc1. The van der Waals surface area contributed by atoms with Crippen LogP contribution in [-0.4, -0.2) is 25.3 Å². The van der Waals surface area contributed by atoms with Crippen molar-refractivity contribution in [2.75, 3.05) is 11.1 Å². The molecule has 1 aromatic heterocycles. The number of carbonyl (C=O) groups excluding carboxylic acids is 1. The molecule has 0 spiro atoms. The first-order chi connectivity index (χ1) is 11.7. The Morgan fingerprint density at radius 2 is 1.92 bits per heavy atom. The van der Waals surface area contributed by atoms with Crippen molar-refractivity contribution in [2.45, 2.75) is 31.2 Å². The first-order valence-corrected chi connectivity index (χ1v) is 8.34. The smallest absolute Gasteiger partial charge is 0.315 e. The number of halogens is 2. The second-order valence-electron chi connectivity index (χ2n) is 6.21. The van der Waals surface area contributed by atoms with Gasteiger partial charge in [0.2, 0.25) is 11.9 Å². The van der Waals surface area contributed by atoms with E-state index in [-0.39, 0.29) is 24.3 Å². The lowest BCUT2D eigenvalue weighted by molar-refractivity contribution is -0.151. The number of esters is 1. The Hall–Kier alpha value is -2.12. The number of hydrogen-bond acceptors (Lipinski definition) is 7. The molecule has 25 heavy (non-hydrogen) atoms. The van der Waals surface area contributed by atoms with Gasteiger partial charge in [-0.05, 0) is 26.0 Å². The minimum absolute atomic E-state index is 0.0253. The summed E-state index contributed by atoms with van der Waals surface area (Å²) in [5.74, 6) is 0.0281. The number of nitrogens with zero attached hydrogens (tertiary/aromatic N) is 3. The number of alkyl halides is 2. The molecule has 0 aliphatic heterocycles. The fourth-order valence-corrected chi connectivity index (χ4v) is 2.92. The third kappa shape index (κ3) is 3.77. The summed E-state index contributed by atoms with van der Waals surface area (Å²) >= 11 is 11.9. The van der Waals surface area contributed by atoms with Crippen LogP contribution in [0, 0.1) is 12.3 Å². The van der Waals surface area contributed by atoms with Gasteiger partial charge in [0.15, 0.2) is 12.4 Å². The van der Waals surface area contributed by atoms with E-state index in [0.29, 0.717) is 6.42 Å². The van der Waals surface area contributed by atoms with Crippen molar-refractivity contribution in [1.82, 2.24) is 15.0 Å². The third-order valence-electron chi connectivity index (χ3n) is 4.05. The fraction of sp³-hybridized carbons (Fsp3) is 0.375. The Morgan fingerprint density at radius 1 is 1.28 bits per heavy atom. The molecule has 1 aromatic carbocycles. The highest BCUT2D eigenvalue weighted by Crippen LogP contribution is 2.64. The number of benzene rings is 1. The molecule has 1 fully saturated rings. The van der Waals surface area contributed by atoms with Crippen LogP contribution in [0.3, 0.4) is 0 Å². The lowest BCUT2D eigenvalue weighted by atomic mass is 10.1. The summed E-state index contributed by atoms with van der Waals surface area (Å²) in [5.41, 5.74) is 6.73. The summed E-state index contributed by atoms with van der Waals surface area (Å²) in [4.78, 5) is 24.3. The minimum atomic E-state index is -1.08. The van der Waals surface area contributed by atoms with Gasteiger partial charge in [-0.3, -0.25) is 4.79 Å². The molecular formula is C16H17Cl2N5O2. The summed E-state index contributed by atoms with van der Waals surface area (Å²) in [6.07, 6.45) is 0.349. The van der Waals surface area contributed by atoms with Crippen LogP contribution in [0.1, 0.15) is 24.7 Å². The largest absolute Gasteiger partial charge is 0.457 e. The molecule has 9 heteroatoms. The van der Waals surface area contributed by atoms with Gasteiger partial charge < -0.3 is 15.8 Å². The zero-order chi connectivity index (χ0) is 18.2. The van der Waals surface area contributed by atoms with Crippen LogP contribution < -0.4 is 11.1 Å². The number of ether oxygens (including phenoxy) is 1. The quantitative estimate of drug-likeness (QED) is 0.605. The highest BCUT2D eigenvalue weighted by Gasteiger charge is 2.69. The maximum Gasteiger partial charge on any atom is 0.315 e. The van der Waals surface area contributed by atoms with Gasteiger partial charge in [0.05, 0.1) is 0 Å². The van der Waals surface area contributed by atoms with Crippen molar-refractivity contribution < 1.29 is 9.53 Å². The second kappa shape index (κ2) is 6.31. The Balaban J connectivity index is 1.67. The Morgan fingerprint density at radius 3 is 2.52 bits per heavy atom. The van der Waals surface area contributed by atoms with E-state index < -0.39 is 15.7 Å². The van der Waals surface area contributed by atoms with E-state index in [1.165, 1.54) is 0 Å². The molecule has 0 unspecified atom stereocenters. The van der Waals surface area contributed by atoms with E-state index in [1.54, 1.807) is 6.92 Å². The van der Waals surface area contributed by atoms with E-state index in [4.69, 9.17) is 33.7 Å². The van der Waals surface area contributed by atoms with Crippen molar-refractivity contribution in [3.8, 4) is 0 Å². The number of rotatable bonds is 5. The lowest BCUT2D eigenvalue weighted by Crippen LogP contribution is -2.21. The number of aryl methyl sites for hydroxylation is 1. The van der Waals surface area contributed by atoms with Crippen LogP contribution in [0.15, 0.2) is 24.3 Å². The summed E-state index contributed by atoms with van der Waals surface area (Å²) in [7, 11) is 0. The number of nitrogens with two attached hydrogens (primary N) is 1. The minimum Gasteiger partial charge on any atom is -0.457 e. The molecule has 1 saturated carbocycles. The number of anilines is 3. The summed E-state index contributed by atoms with van der Waals surface area (Å²) in [6.45, 7) is 3.50. The van der Waals surface area contributed by atoms with E-state index >= 15 is 0 Å². The van der Waals surface area contributed by atoms with Crippen LogP contribution in [0.2, 0.25) is 0 Å². The molecule has 0 amide bonds. The average molecular weight is 382 g/mol. The van der Waals surface area contributed by atoms with Gasteiger partial charge >= 0.3 is 5.97 Å². The molecule has 1 atom stereocenters. The van der Waals surface area contributed by atoms with E-state index in [9.17, 15) is 4.79 Å². The summed E-state index contributed by atoms with van der Waals surface area (Å²) in [6, 6.07) is 7.69. The van der Waals surface area contributed by atoms with Crippen molar-refractivity contribution in [3.05, 3.63) is 35.7 Å². The van der Waals surface area contributed by atoms with Gasteiger partial charge in [-0.25, -0.2) is 0 Å². The Labute approximate surface area is 154 Å². The molecule has 3 rings (SSSR count). The molecule has 7 nitrogen and oxygen atoms in total.